The second-order valence-corrected chi connectivity index (χ2v) is 5.28. The number of nitrogen functional groups attached to an aromatic ring is 1. The number of rotatable bonds is 5. The molecule has 0 fully saturated rings. The standard InChI is InChI=1S/C13H17N5O2S/c1-3-15-11(19)8-5-6-9(14)10(7-8)21-13-17-16-12(20)18(13)4-2/h5-7H,3-4,14H2,1-2H3,(H,15,19)(H,16,20). The Morgan fingerprint density at radius 2 is 2.24 bits per heavy atom. The average Bonchev–Trinajstić information content (AvgIpc) is 2.81. The molecule has 1 amide bonds. The smallest absolute Gasteiger partial charge is 0.343 e. The lowest BCUT2D eigenvalue weighted by Gasteiger charge is -2.08. The molecule has 0 aliphatic rings. The molecule has 8 heteroatoms. The number of H-pyrrole nitrogens is 1. The molecule has 0 bridgehead atoms. The SMILES string of the molecule is CCNC(=O)c1ccc(N)c(Sc2n[nH]c(=O)n2CC)c1. The molecule has 2 rings (SSSR count). The molecule has 0 saturated heterocycles. The molecule has 0 atom stereocenters. The summed E-state index contributed by atoms with van der Waals surface area (Å²) in [7, 11) is 0. The summed E-state index contributed by atoms with van der Waals surface area (Å²) in [5, 5.41) is 9.62. The summed E-state index contributed by atoms with van der Waals surface area (Å²) < 4.78 is 1.50. The van der Waals surface area contributed by atoms with Crippen molar-refractivity contribution in [1.82, 2.24) is 20.1 Å². The van der Waals surface area contributed by atoms with Gasteiger partial charge in [0.25, 0.3) is 5.91 Å². The zero-order valence-electron chi connectivity index (χ0n) is 11.8. The van der Waals surface area contributed by atoms with E-state index in [1.807, 2.05) is 13.8 Å². The third kappa shape index (κ3) is 3.27. The van der Waals surface area contributed by atoms with E-state index in [0.717, 1.165) is 0 Å². The van der Waals surface area contributed by atoms with Gasteiger partial charge in [-0.15, -0.1) is 5.10 Å². The number of hydrogen-bond acceptors (Lipinski definition) is 5. The molecular formula is C13H17N5O2S. The molecule has 0 unspecified atom stereocenters. The van der Waals surface area contributed by atoms with Crippen LogP contribution in [0.1, 0.15) is 24.2 Å². The Labute approximate surface area is 125 Å². The first-order valence-electron chi connectivity index (χ1n) is 6.57. The summed E-state index contributed by atoms with van der Waals surface area (Å²) in [5.74, 6) is -0.158. The number of carbonyl (C=O) groups is 1. The average molecular weight is 307 g/mol. The molecule has 1 aromatic carbocycles. The molecule has 0 spiro atoms. The van der Waals surface area contributed by atoms with Crippen molar-refractivity contribution in [2.75, 3.05) is 12.3 Å². The van der Waals surface area contributed by atoms with E-state index in [1.54, 1.807) is 18.2 Å². The lowest BCUT2D eigenvalue weighted by molar-refractivity contribution is 0.0955. The van der Waals surface area contributed by atoms with Crippen molar-refractivity contribution in [2.24, 2.45) is 0 Å². The topological polar surface area (TPSA) is 106 Å². The first kappa shape index (κ1) is 15.2. The van der Waals surface area contributed by atoms with Gasteiger partial charge >= 0.3 is 5.69 Å². The summed E-state index contributed by atoms with van der Waals surface area (Å²) in [6.07, 6.45) is 0. The molecule has 112 valence electrons. The van der Waals surface area contributed by atoms with Crippen LogP contribution in [0, 0.1) is 0 Å². The van der Waals surface area contributed by atoms with Crippen LogP contribution in [0.5, 0.6) is 0 Å². The maximum Gasteiger partial charge on any atom is 0.343 e. The van der Waals surface area contributed by atoms with Gasteiger partial charge in [0, 0.05) is 29.2 Å². The molecule has 1 heterocycles. The third-order valence-electron chi connectivity index (χ3n) is 2.85. The van der Waals surface area contributed by atoms with Crippen LogP contribution in [0.15, 0.2) is 33.0 Å². The predicted octanol–water partition coefficient (Wildman–Crippen LogP) is 1.07. The first-order chi connectivity index (χ1) is 10.1. The zero-order chi connectivity index (χ0) is 15.4. The second-order valence-electron chi connectivity index (χ2n) is 4.27. The van der Waals surface area contributed by atoms with Crippen LogP contribution in [0.2, 0.25) is 0 Å². The fourth-order valence-electron chi connectivity index (χ4n) is 1.78. The second kappa shape index (κ2) is 6.49. The van der Waals surface area contributed by atoms with Gasteiger partial charge in [-0.1, -0.05) is 0 Å². The van der Waals surface area contributed by atoms with Gasteiger partial charge < -0.3 is 11.1 Å². The number of carbonyl (C=O) groups excluding carboxylic acids is 1. The van der Waals surface area contributed by atoms with Gasteiger partial charge in [-0.25, -0.2) is 9.89 Å². The number of nitrogens with zero attached hydrogens (tertiary/aromatic N) is 2. The van der Waals surface area contributed by atoms with E-state index in [1.165, 1.54) is 16.3 Å². The number of benzene rings is 1. The highest BCUT2D eigenvalue weighted by Gasteiger charge is 2.13. The minimum Gasteiger partial charge on any atom is -0.398 e. The van der Waals surface area contributed by atoms with Crippen LogP contribution >= 0.6 is 11.8 Å². The number of amides is 1. The third-order valence-corrected chi connectivity index (χ3v) is 3.92. The van der Waals surface area contributed by atoms with E-state index in [-0.39, 0.29) is 11.6 Å². The van der Waals surface area contributed by atoms with Crippen molar-refractivity contribution in [1.29, 1.82) is 0 Å². The molecule has 4 N–H and O–H groups in total. The Morgan fingerprint density at radius 3 is 2.90 bits per heavy atom. The molecule has 0 radical (unpaired) electrons. The highest BCUT2D eigenvalue weighted by atomic mass is 32.2. The summed E-state index contributed by atoms with van der Waals surface area (Å²) >= 11 is 1.25. The molecular weight excluding hydrogens is 290 g/mol. The zero-order valence-corrected chi connectivity index (χ0v) is 12.7. The monoisotopic (exact) mass is 307 g/mol. The van der Waals surface area contributed by atoms with Crippen molar-refractivity contribution < 1.29 is 4.79 Å². The van der Waals surface area contributed by atoms with E-state index in [2.05, 4.69) is 15.5 Å². The highest BCUT2D eigenvalue weighted by molar-refractivity contribution is 7.99. The van der Waals surface area contributed by atoms with E-state index < -0.39 is 0 Å². The highest BCUT2D eigenvalue weighted by Crippen LogP contribution is 2.31. The van der Waals surface area contributed by atoms with Crippen molar-refractivity contribution in [3.8, 4) is 0 Å². The molecule has 2 aromatic rings. The van der Waals surface area contributed by atoms with Crippen molar-refractivity contribution in [3.05, 3.63) is 34.2 Å². The summed E-state index contributed by atoms with van der Waals surface area (Å²) in [5.41, 5.74) is 6.72. The van der Waals surface area contributed by atoms with E-state index in [0.29, 0.717) is 34.4 Å². The molecule has 1 aromatic heterocycles. The number of aromatic nitrogens is 3. The van der Waals surface area contributed by atoms with Crippen LogP contribution in [0.25, 0.3) is 0 Å². The largest absolute Gasteiger partial charge is 0.398 e. The van der Waals surface area contributed by atoms with Crippen LogP contribution in [0.4, 0.5) is 5.69 Å². The Balaban J connectivity index is 2.33. The number of nitrogens with one attached hydrogen (secondary N) is 2. The van der Waals surface area contributed by atoms with Crippen LogP contribution in [-0.4, -0.2) is 27.2 Å². The lowest BCUT2D eigenvalue weighted by Crippen LogP contribution is -2.22. The van der Waals surface area contributed by atoms with E-state index in [9.17, 15) is 9.59 Å². The van der Waals surface area contributed by atoms with Gasteiger partial charge in [-0.3, -0.25) is 9.36 Å². The molecule has 0 aliphatic carbocycles. The molecule has 7 nitrogen and oxygen atoms in total. The number of anilines is 1. The van der Waals surface area contributed by atoms with Crippen LogP contribution < -0.4 is 16.7 Å². The molecule has 21 heavy (non-hydrogen) atoms. The number of nitrogens with two attached hydrogens (primary N) is 1. The summed E-state index contributed by atoms with van der Waals surface area (Å²) in [4.78, 5) is 24.1. The first-order valence-corrected chi connectivity index (χ1v) is 7.39. The normalized spacial score (nSPS) is 10.6. The van der Waals surface area contributed by atoms with Crippen LogP contribution in [0.3, 0.4) is 0 Å². The van der Waals surface area contributed by atoms with Gasteiger partial charge in [-0.2, -0.15) is 0 Å². The lowest BCUT2D eigenvalue weighted by atomic mass is 10.2. The van der Waals surface area contributed by atoms with Gasteiger partial charge in [-0.05, 0) is 43.8 Å². The number of aromatic amines is 1. The summed E-state index contributed by atoms with van der Waals surface area (Å²) in [6, 6.07) is 5.04. The Hall–Kier alpha value is -2.22. The van der Waals surface area contributed by atoms with Gasteiger partial charge in [0.2, 0.25) is 0 Å². The molecule has 0 aliphatic heterocycles. The van der Waals surface area contributed by atoms with E-state index >= 15 is 0 Å². The predicted molar refractivity (Wildman–Crippen MR) is 81.5 cm³/mol. The van der Waals surface area contributed by atoms with E-state index in [4.69, 9.17) is 5.73 Å². The van der Waals surface area contributed by atoms with Gasteiger partial charge in [0.1, 0.15) is 0 Å². The maximum atomic E-state index is 11.8. The van der Waals surface area contributed by atoms with Crippen molar-refractivity contribution >= 4 is 23.4 Å². The van der Waals surface area contributed by atoms with Crippen LogP contribution in [-0.2, 0) is 6.54 Å². The minimum absolute atomic E-state index is 0.158. The Morgan fingerprint density at radius 1 is 1.48 bits per heavy atom. The maximum absolute atomic E-state index is 11.8. The Bertz CT molecular complexity index is 707. The quantitative estimate of drug-likeness (QED) is 0.717. The fraction of sp³-hybridized carbons (Fsp3) is 0.308. The fourth-order valence-corrected chi connectivity index (χ4v) is 2.77. The minimum atomic E-state index is -0.265. The summed E-state index contributed by atoms with van der Waals surface area (Å²) in [6.45, 7) is 4.78. The number of hydrogen-bond donors (Lipinski definition) is 3. The van der Waals surface area contributed by atoms with Crippen molar-refractivity contribution in [2.45, 2.75) is 30.4 Å². The van der Waals surface area contributed by atoms with Gasteiger partial charge in [0.05, 0.1) is 0 Å². The van der Waals surface area contributed by atoms with Crippen molar-refractivity contribution in [3.63, 3.8) is 0 Å². The Kier molecular flexibility index (Phi) is 4.69. The van der Waals surface area contributed by atoms with Gasteiger partial charge in [0.15, 0.2) is 5.16 Å². The molecule has 0 saturated carbocycles.